The number of fused-ring (bicyclic) bond motifs is 1. The summed E-state index contributed by atoms with van der Waals surface area (Å²) in [6.45, 7) is 0.761. The fourth-order valence-electron chi connectivity index (χ4n) is 2.27. The fourth-order valence-corrected chi connectivity index (χ4v) is 2.27. The molecule has 0 amide bonds. The smallest absolute Gasteiger partial charge is 0.339 e. The Balaban J connectivity index is 2.05. The van der Waals surface area contributed by atoms with Crippen LogP contribution >= 0.6 is 0 Å². The minimum absolute atomic E-state index is 0.0191. The fraction of sp³-hybridized carbons (Fsp3) is 0.154. The molecule has 0 saturated heterocycles. The molecule has 0 aliphatic carbocycles. The van der Waals surface area contributed by atoms with E-state index in [1.807, 2.05) is 23.1 Å². The first-order chi connectivity index (χ1) is 9.16. The third-order valence-electron chi connectivity index (χ3n) is 3.20. The van der Waals surface area contributed by atoms with E-state index in [1.54, 1.807) is 0 Å². The highest BCUT2D eigenvalue weighted by atomic mass is 16.4. The number of nitrogens with two attached hydrogens (primary N) is 1. The van der Waals surface area contributed by atoms with Gasteiger partial charge in [-0.25, -0.2) is 4.79 Å². The number of aromatic carboxylic acids is 1. The molecule has 0 atom stereocenters. The Morgan fingerprint density at radius 1 is 1.32 bits per heavy atom. The molecule has 1 aromatic carbocycles. The Morgan fingerprint density at radius 3 is 2.89 bits per heavy atom. The van der Waals surface area contributed by atoms with Crippen LogP contribution in [0.25, 0.3) is 0 Å². The van der Waals surface area contributed by atoms with Crippen molar-refractivity contribution in [1.82, 2.24) is 10.2 Å². The van der Waals surface area contributed by atoms with E-state index >= 15 is 0 Å². The predicted molar refractivity (Wildman–Crippen MR) is 70.6 cm³/mol. The maximum Gasteiger partial charge on any atom is 0.339 e. The summed E-state index contributed by atoms with van der Waals surface area (Å²) in [6, 6.07) is 9.44. The lowest BCUT2D eigenvalue weighted by molar-refractivity contribution is 0.0697. The maximum absolute atomic E-state index is 11.1. The molecule has 6 nitrogen and oxygen atoms in total. The summed E-state index contributed by atoms with van der Waals surface area (Å²) in [6.07, 6.45) is 0.907. The van der Waals surface area contributed by atoms with Crippen molar-refractivity contribution < 1.29 is 9.90 Å². The molecule has 0 saturated carbocycles. The molecule has 0 bridgehead atoms. The van der Waals surface area contributed by atoms with Crippen molar-refractivity contribution in [3.8, 4) is 0 Å². The second-order valence-electron chi connectivity index (χ2n) is 4.34. The van der Waals surface area contributed by atoms with Crippen LogP contribution in [-0.2, 0) is 6.42 Å². The predicted octanol–water partition coefficient (Wildman–Crippen LogP) is 1.45. The third kappa shape index (κ3) is 1.87. The summed E-state index contributed by atoms with van der Waals surface area (Å²) in [7, 11) is 0. The van der Waals surface area contributed by atoms with Crippen LogP contribution in [0.1, 0.15) is 15.9 Å². The van der Waals surface area contributed by atoms with Crippen LogP contribution < -0.4 is 10.6 Å². The minimum Gasteiger partial charge on any atom is -0.478 e. The van der Waals surface area contributed by atoms with Crippen molar-refractivity contribution >= 4 is 23.3 Å². The summed E-state index contributed by atoms with van der Waals surface area (Å²) in [5.41, 5.74) is 7.75. The van der Waals surface area contributed by atoms with Gasteiger partial charge in [0.05, 0.1) is 0 Å². The molecule has 2 aromatic rings. The molecule has 2 heterocycles. The summed E-state index contributed by atoms with van der Waals surface area (Å²) in [5.74, 6) is -0.651. The lowest BCUT2D eigenvalue weighted by Crippen LogP contribution is -2.17. The van der Waals surface area contributed by atoms with Gasteiger partial charge in [0.15, 0.2) is 11.6 Å². The molecule has 1 aliphatic heterocycles. The van der Waals surface area contributed by atoms with Crippen LogP contribution in [0.5, 0.6) is 0 Å². The molecule has 6 heteroatoms. The highest BCUT2D eigenvalue weighted by molar-refractivity contribution is 5.93. The Morgan fingerprint density at radius 2 is 2.11 bits per heavy atom. The number of anilines is 3. The monoisotopic (exact) mass is 256 g/mol. The van der Waals surface area contributed by atoms with Crippen molar-refractivity contribution in [2.45, 2.75) is 6.42 Å². The van der Waals surface area contributed by atoms with Gasteiger partial charge in [-0.05, 0) is 18.1 Å². The summed E-state index contributed by atoms with van der Waals surface area (Å²) >= 11 is 0. The third-order valence-corrected chi connectivity index (χ3v) is 3.20. The number of nitrogens with zero attached hydrogens (tertiary/aromatic N) is 3. The lowest BCUT2D eigenvalue weighted by atomic mass is 10.2. The Labute approximate surface area is 109 Å². The van der Waals surface area contributed by atoms with E-state index in [2.05, 4.69) is 16.3 Å². The number of para-hydroxylation sites is 1. The van der Waals surface area contributed by atoms with Gasteiger partial charge >= 0.3 is 5.97 Å². The minimum atomic E-state index is -1.10. The van der Waals surface area contributed by atoms with Crippen molar-refractivity contribution in [3.05, 3.63) is 41.5 Å². The maximum atomic E-state index is 11.1. The van der Waals surface area contributed by atoms with E-state index in [4.69, 9.17) is 10.8 Å². The van der Waals surface area contributed by atoms with E-state index in [0.717, 1.165) is 18.7 Å². The van der Waals surface area contributed by atoms with Crippen LogP contribution in [-0.4, -0.2) is 27.8 Å². The number of rotatable bonds is 2. The molecule has 0 unspecified atom stereocenters. The molecule has 3 N–H and O–H groups in total. The Bertz CT molecular complexity index is 657. The van der Waals surface area contributed by atoms with Crippen LogP contribution in [0.15, 0.2) is 30.3 Å². The SMILES string of the molecule is Nc1nnc(N2CCc3ccccc32)cc1C(=O)O. The molecule has 1 aliphatic rings. The number of carboxylic acids is 1. The highest BCUT2D eigenvalue weighted by Crippen LogP contribution is 2.33. The summed E-state index contributed by atoms with van der Waals surface area (Å²) in [4.78, 5) is 13.0. The van der Waals surface area contributed by atoms with Crippen LogP contribution in [0.2, 0.25) is 0 Å². The Hall–Kier alpha value is -2.63. The van der Waals surface area contributed by atoms with Crippen molar-refractivity contribution in [1.29, 1.82) is 0 Å². The Kier molecular flexibility index (Phi) is 2.56. The van der Waals surface area contributed by atoms with Gasteiger partial charge in [-0.3, -0.25) is 0 Å². The molecule has 3 rings (SSSR count). The van der Waals surface area contributed by atoms with Gasteiger partial charge in [0.25, 0.3) is 0 Å². The first kappa shape index (κ1) is 11.5. The number of hydrogen-bond donors (Lipinski definition) is 2. The lowest BCUT2D eigenvalue weighted by Gasteiger charge is -2.18. The molecule has 1 aromatic heterocycles. The first-order valence-corrected chi connectivity index (χ1v) is 5.89. The average Bonchev–Trinajstić information content (AvgIpc) is 2.83. The zero-order valence-electron chi connectivity index (χ0n) is 10.1. The van der Waals surface area contributed by atoms with Gasteiger partial charge in [0.1, 0.15) is 5.56 Å². The van der Waals surface area contributed by atoms with Gasteiger partial charge in [0, 0.05) is 18.3 Å². The molecule has 0 radical (unpaired) electrons. The first-order valence-electron chi connectivity index (χ1n) is 5.89. The standard InChI is InChI=1S/C13H12N4O2/c14-12-9(13(18)19)7-11(15-16-12)17-6-5-8-3-1-2-4-10(8)17/h1-4,7H,5-6H2,(H2,14,16)(H,18,19). The molecule has 96 valence electrons. The van der Waals surface area contributed by atoms with E-state index in [0.29, 0.717) is 5.82 Å². The average molecular weight is 256 g/mol. The van der Waals surface area contributed by atoms with Crippen LogP contribution in [0, 0.1) is 0 Å². The number of carboxylic acid groups (broad SMARTS) is 1. The van der Waals surface area contributed by atoms with E-state index < -0.39 is 5.97 Å². The van der Waals surface area contributed by atoms with Gasteiger partial charge in [-0.1, -0.05) is 18.2 Å². The van der Waals surface area contributed by atoms with E-state index in [-0.39, 0.29) is 11.4 Å². The van der Waals surface area contributed by atoms with Crippen LogP contribution in [0.4, 0.5) is 17.3 Å². The zero-order chi connectivity index (χ0) is 13.4. The topological polar surface area (TPSA) is 92.3 Å². The second-order valence-corrected chi connectivity index (χ2v) is 4.34. The number of benzene rings is 1. The van der Waals surface area contributed by atoms with Gasteiger partial charge in [-0.2, -0.15) is 0 Å². The molecular weight excluding hydrogens is 244 g/mol. The summed E-state index contributed by atoms with van der Waals surface area (Å²) < 4.78 is 0. The largest absolute Gasteiger partial charge is 0.478 e. The second kappa shape index (κ2) is 4.24. The molecule has 0 fully saturated rings. The highest BCUT2D eigenvalue weighted by Gasteiger charge is 2.22. The number of hydrogen-bond acceptors (Lipinski definition) is 5. The molecular formula is C13H12N4O2. The number of nitrogen functional groups attached to an aromatic ring is 1. The van der Waals surface area contributed by atoms with E-state index in [1.165, 1.54) is 11.6 Å². The molecule has 19 heavy (non-hydrogen) atoms. The zero-order valence-corrected chi connectivity index (χ0v) is 10.1. The molecule has 0 spiro atoms. The van der Waals surface area contributed by atoms with Gasteiger partial charge < -0.3 is 15.7 Å². The van der Waals surface area contributed by atoms with E-state index in [9.17, 15) is 4.79 Å². The van der Waals surface area contributed by atoms with Crippen molar-refractivity contribution in [3.63, 3.8) is 0 Å². The number of carbonyl (C=O) groups is 1. The summed E-state index contributed by atoms with van der Waals surface area (Å²) in [5, 5.41) is 16.8. The van der Waals surface area contributed by atoms with Crippen LogP contribution in [0.3, 0.4) is 0 Å². The van der Waals surface area contributed by atoms with Gasteiger partial charge in [-0.15, -0.1) is 10.2 Å². The van der Waals surface area contributed by atoms with Crippen molar-refractivity contribution in [2.24, 2.45) is 0 Å². The normalized spacial score (nSPS) is 13.4. The van der Waals surface area contributed by atoms with Gasteiger partial charge in [0.2, 0.25) is 0 Å². The quantitative estimate of drug-likeness (QED) is 0.844. The number of aromatic nitrogens is 2. The van der Waals surface area contributed by atoms with Crippen molar-refractivity contribution in [2.75, 3.05) is 17.2 Å².